The third kappa shape index (κ3) is 2.77. The molecule has 0 radical (unpaired) electrons. The maximum Gasteiger partial charge on any atom is 0.0650 e. The van der Waals surface area contributed by atoms with E-state index in [4.69, 9.17) is 11.6 Å². The first-order chi connectivity index (χ1) is 7.16. The first-order valence-corrected chi connectivity index (χ1v) is 6.51. The van der Waals surface area contributed by atoms with E-state index in [1.807, 2.05) is 6.07 Å². The third-order valence-electron chi connectivity index (χ3n) is 2.75. The van der Waals surface area contributed by atoms with Crippen molar-refractivity contribution in [2.75, 3.05) is 38.1 Å². The van der Waals surface area contributed by atoms with E-state index in [1.54, 1.807) is 0 Å². The Kier molecular flexibility index (Phi) is 3.74. The molecular formula is C11H14ClIN2. The van der Waals surface area contributed by atoms with Gasteiger partial charge in [-0.05, 0) is 47.8 Å². The summed E-state index contributed by atoms with van der Waals surface area (Å²) in [6.07, 6.45) is 0. The summed E-state index contributed by atoms with van der Waals surface area (Å²) in [6.45, 7) is 4.36. The van der Waals surface area contributed by atoms with Gasteiger partial charge in [0, 0.05) is 29.7 Å². The van der Waals surface area contributed by atoms with Crippen LogP contribution in [0.2, 0.25) is 5.02 Å². The summed E-state index contributed by atoms with van der Waals surface area (Å²) in [7, 11) is 2.16. The molecule has 4 heteroatoms. The average molecular weight is 337 g/mol. The number of likely N-dealkylation sites (N-methyl/N-ethyl adjacent to an activating group) is 1. The lowest BCUT2D eigenvalue weighted by molar-refractivity contribution is 0.313. The topological polar surface area (TPSA) is 6.48 Å². The molecule has 0 aromatic heterocycles. The van der Waals surface area contributed by atoms with Crippen LogP contribution < -0.4 is 4.90 Å². The number of piperazine rings is 1. The zero-order valence-electron chi connectivity index (χ0n) is 8.71. The molecule has 15 heavy (non-hydrogen) atoms. The van der Waals surface area contributed by atoms with Crippen molar-refractivity contribution in [3.63, 3.8) is 0 Å². The zero-order valence-corrected chi connectivity index (χ0v) is 11.6. The van der Waals surface area contributed by atoms with Crippen LogP contribution in [0.3, 0.4) is 0 Å². The van der Waals surface area contributed by atoms with Gasteiger partial charge in [0.15, 0.2) is 0 Å². The fourth-order valence-corrected chi connectivity index (χ4v) is 2.76. The van der Waals surface area contributed by atoms with Crippen molar-refractivity contribution in [1.29, 1.82) is 0 Å². The fourth-order valence-electron chi connectivity index (χ4n) is 1.79. The summed E-state index contributed by atoms with van der Waals surface area (Å²) < 4.78 is 1.19. The van der Waals surface area contributed by atoms with Crippen LogP contribution in [-0.4, -0.2) is 38.1 Å². The minimum absolute atomic E-state index is 0.867. The van der Waals surface area contributed by atoms with Crippen molar-refractivity contribution in [3.8, 4) is 0 Å². The summed E-state index contributed by atoms with van der Waals surface area (Å²) in [5, 5.41) is 0.867. The van der Waals surface area contributed by atoms with Crippen LogP contribution in [0.4, 0.5) is 5.69 Å². The van der Waals surface area contributed by atoms with E-state index >= 15 is 0 Å². The molecule has 0 N–H and O–H groups in total. The molecule has 1 aromatic rings. The molecular weight excluding hydrogens is 322 g/mol. The van der Waals surface area contributed by atoms with Crippen molar-refractivity contribution < 1.29 is 0 Å². The number of anilines is 1. The Balaban J connectivity index is 2.15. The molecule has 1 aliphatic rings. The number of benzene rings is 1. The molecule has 82 valence electrons. The number of rotatable bonds is 1. The highest BCUT2D eigenvalue weighted by Crippen LogP contribution is 2.28. The Morgan fingerprint density at radius 3 is 2.47 bits per heavy atom. The molecule has 0 unspecified atom stereocenters. The molecule has 1 fully saturated rings. The van der Waals surface area contributed by atoms with E-state index in [2.05, 4.69) is 51.6 Å². The van der Waals surface area contributed by atoms with Gasteiger partial charge in [0.05, 0.1) is 10.7 Å². The third-order valence-corrected chi connectivity index (χ3v) is 3.73. The predicted molar refractivity (Wildman–Crippen MR) is 73.9 cm³/mol. The lowest BCUT2D eigenvalue weighted by atomic mass is 10.2. The van der Waals surface area contributed by atoms with E-state index in [-0.39, 0.29) is 0 Å². The smallest absolute Gasteiger partial charge is 0.0650 e. The molecule has 2 rings (SSSR count). The summed E-state index contributed by atoms with van der Waals surface area (Å²) >= 11 is 8.52. The Labute approximate surface area is 109 Å². The van der Waals surface area contributed by atoms with Crippen molar-refractivity contribution >= 4 is 39.9 Å². The molecule has 1 aromatic carbocycles. The highest BCUT2D eigenvalue weighted by molar-refractivity contribution is 14.1. The Bertz CT molecular complexity index is 348. The predicted octanol–water partition coefficient (Wildman–Crippen LogP) is 2.70. The van der Waals surface area contributed by atoms with Gasteiger partial charge in [0.2, 0.25) is 0 Å². The highest BCUT2D eigenvalue weighted by Gasteiger charge is 2.16. The molecule has 0 amide bonds. The van der Waals surface area contributed by atoms with Crippen LogP contribution in [0.15, 0.2) is 18.2 Å². The second-order valence-electron chi connectivity index (χ2n) is 3.89. The number of hydrogen-bond donors (Lipinski definition) is 0. The van der Waals surface area contributed by atoms with Crippen LogP contribution in [-0.2, 0) is 0 Å². The van der Waals surface area contributed by atoms with E-state index in [0.717, 1.165) is 31.2 Å². The molecule has 1 heterocycles. The first kappa shape index (κ1) is 11.5. The minimum atomic E-state index is 0.867. The van der Waals surface area contributed by atoms with Gasteiger partial charge in [-0.25, -0.2) is 0 Å². The lowest BCUT2D eigenvalue weighted by Crippen LogP contribution is -2.44. The van der Waals surface area contributed by atoms with E-state index in [1.165, 1.54) is 9.26 Å². The van der Waals surface area contributed by atoms with Gasteiger partial charge in [-0.3, -0.25) is 0 Å². The monoisotopic (exact) mass is 336 g/mol. The lowest BCUT2D eigenvalue weighted by Gasteiger charge is -2.34. The normalized spacial score (nSPS) is 18.2. The maximum atomic E-state index is 6.24. The van der Waals surface area contributed by atoms with Crippen LogP contribution in [0.5, 0.6) is 0 Å². The molecule has 0 spiro atoms. The van der Waals surface area contributed by atoms with Crippen LogP contribution in [0, 0.1) is 3.57 Å². The Morgan fingerprint density at radius 1 is 1.20 bits per heavy atom. The Hall–Kier alpha value is -0.0000000000000000555. The average Bonchev–Trinajstić information content (AvgIpc) is 2.20. The van der Waals surface area contributed by atoms with Crippen LogP contribution in [0.25, 0.3) is 0 Å². The van der Waals surface area contributed by atoms with Gasteiger partial charge in [-0.15, -0.1) is 0 Å². The Morgan fingerprint density at radius 2 is 1.87 bits per heavy atom. The van der Waals surface area contributed by atoms with Gasteiger partial charge in [0.1, 0.15) is 0 Å². The van der Waals surface area contributed by atoms with Crippen molar-refractivity contribution in [2.24, 2.45) is 0 Å². The maximum absolute atomic E-state index is 6.24. The number of nitrogens with zero attached hydrogens (tertiary/aromatic N) is 2. The second kappa shape index (κ2) is 4.89. The SMILES string of the molecule is CN1CCN(c2ccc(I)cc2Cl)CC1. The molecule has 0 atom stereocenters. The second-order valence-corrected chi connectivity index (χ2v) is 5.54. The van der Waals surface area contributed by atoms with E-state index in [0.29, 0.717) is 0 Å². The van der Waals surface area contributed by atoms with Gasteiger partial charge < -0.3 is 9.80 Å². The van der Waals surface area contributed by atoms with Crippen LogP contribution in [0.1, 0.15) is 0 Å². The van der Waals surface area contributed by atoms with Gasteiger partial charge in [-0.2, -0.15) is 0 Å². The first-order valence-electron chi connectivity index (χ1n) is 5.05. The van der Waals surface area contributed by atoms with Gasteiger partial charge in [0.25, 0.3) is 0 Å². The molecule has 2 nitrogen and oxygen atoms in total. The fraction of sp³-hybridized carbons (Fsp3) is 0.455. The standard InChI is InChI=1S/C11H14ClIN2/c1-14-4-6-15(7-5-14)11-3-2-9(13)8-10(11)12/h2-3,8H,4-7H2,1H3. The van der Waals surface area contributed by atoms with Gasteiger partial charge >= 0.3 is 0 Å². The van der Waals surface area contributed by atoms with E-state index < -0.39 is 0 Å². The zero-order chi connectivity index (χ0) is 10.8. The summed E-state index contributed by atoms with van der Waals surface area (Å²) in [6, 6.07) is 6.26. The van der Waals surface area contributed by atoms with Crippen molar-refractivity contribution in [2.45, 2.75) is 0 Å². The van der Waals surface area contributed by atoms with Crippen molar-refractivity contribution in [1.82, 2.24) is 4.90 Å². The highest BCUT2D eigenvalue weighted by atomic mass is 127. The molecule has 1 aliphatic heterocycles. The van der Waals surface area contributed by atoms with E-state index in [9.17, 15) is 0 Å². The number of halogens is 2. The summed E-state index contributed by atoms with van der Waals surface area (Å²) in [4.78, 5) is 4.70. The molecule has 0 aliphatic carbocycles. The van der Waals surface area contributed by atoms with Gasteiger partial charge in [-0.1, -0.05) is 11.6 Å². The molecule has 0 saturated carbocycles. The van der Waals surface area contributed by atoms with Crippen molar-refractivity contribution in [3.05, 3.63) is 26.8 Å². The molecule has 0 bridgehead atoms. The summed E-state index contributed by atoms with van der Waals surface area (Å²) in [5.41, 5.74) is 1.17. The largest absolute Gasteiger partial charge is 0.368 e. The minimum Gasteiger partial charge on any atom is -0.368 e. The number of hydrogen-bond acceptors (Lipinski definition) is 2. The quantitative estimate of drug-likeness (QED) is 0.728. The van der Waals surface area contributed by atoms with Crippen LogP contribution >= 0.6 is 34.2 Å². The molecule has 1 saturated heterocycles. The summed E-state index contributed by atoms with van der Waals surface area (Å²) in [5.74, 6) is 0.